The Bertz CT molecular complexity index is 355. The molecule has 0 saturated heterocycles. The molecule has 1 rings (SSSR count). The van der Waals surface area contributed by atoms with Crippen LogP contribution in [0.25, 0.3) is 0 Å². The first kappa shape index (κ1) is 16.8. The van der Waals surface area contributed by atoms with Crippen molar-refractivity contribution in [3.8, 4) is 0 Å². The van der Waals surface area contributed by atoms with Crippen molar-refractivity contribution in [2.45, 2.75) is 52.5 Å². The van der Waals surface area contributed by atoms with Gasteiger partial charge in [-0.1, -0.05) is 62.9 Å². The van der Waals surface area contributed by atoms with Crippen molar-refractivity contribution in [2.24, 2.45) is 5.92 Å². The zero-order chi connectivity index (χ0) is 14.3. The van der Waals surface area contributed by atoms with Crippen LogP contribution in [0, 0.1) is 5.92 Å². The van der Waals surface area contributed by atoms with Crippen LogP contribution in [0.2, 0.25) is 10.0 Å². The highest BCUT2D eigenvalue weighted by atomic mass is 35.5. The molecule has 0 bridgehead atoms. The first-order valence-electron chi connectivity index (χ1n) is 7.30. The molecule has 1 unspecified atom stereocenters. The molecule has 0 saturated carbocycles. The summed E-state index contributed by atoms with van der Waals surface area (Å²) in [5.74, 6) is 0.666. The van der Waals surface area contributed by atoms with Crippen molar-refractivity contribution in [1.29, 1.82) is 0 Å². The molecule has 1 atom stereocenters. The summed E-state index contributed by atoms with van der Waals surface area (Å²) in [7, 11) is 0. The summed E-state index contributed by atoms with van der Waals surface area (Å²) in [4.78, 5) is 0. The Morgan fingerprint density at radius 1 is 1.05 bits per heavy atom. The standard InChI is InChI=1S/C16H25Cl2N/c1-4-10-19-16(12(5-2)6-3)11-13-14(17)8-7-9-15(13)18/h7-9,12,16,19H,4-6,10-11H2,1-3H3. The van der Waals surface area contributed by atoms with E-state index in [9.17, 15) is 0 Å². The van der Waals surface area contributed by atoms with Crippen LogP contribution in [-0.2, 0) is 6.42 Å². The molecular weight excluding hydrogens is 277 g/mol. The van der Waals surface area contributed by atoms with Gasteiger partial charge >= 0.3 is 0 Å². The maximum absolute atomic E-state index is 6.29. The molecule has 0 aliphatic rings. The zero-order valence-electron chi connectivity index (χ0n) is 12.2. The highest BCUT2D eigenvalue weighted by molar-refractivity contribution is 6.36. The summed E-state index contributed by atoms with van der Waals surface area (Å²) in [5.41, 5.74) is 1.08. The molecule has 1 nitrogen and oxygen atoms in total. The summed E-state index contributed by atoms with van der Waals surface area (Å²) < 4.78 is 0. The normalized spacial score (nSPS) is 12.9. The van der Waals surface area contributed by atoms with E-state index in [0.717, 1.165) is 35.0 Å². The van der Waals surface area contributed by atoms with Gasteiger partial charge in [0.15, 0.2) is 0 Å². The predicted molar refractivity (Wildman–Crippen MR) is 86.3 cm³/mol. The van der Waals surface area contributed by atoms with E-state index >= 15 is 0 Å². The third-order valence-electron chi connectivity index (χ3n) is 3.76. The van der Waals surface area contributed by atoms with Gasteiger partial charge in [-0.15, -0.1) is 0 Å². The van der Waals surface area contributed by atoms with E-state index in [0.29, 0.717) is 12.0 Å². The van der Waals surface area contributed by atoms with Crippen molar-refractivity contribution < 1.29 is 0 Å². The fourth-order valence-corrected chi connectivity index (χ4v) is 3.09. The van der Waals surface area contributed by atoms with Crippen LogP contribution in [0.4, 0.5) is 0 Å². The van der Waals surface area contributed by atoms with E-state index in [-0.39, 0.29) is 0 Å². The number of rotatable bonds is 8. The summed E-state index contributed by atoms with van der Waals surface area (Å²) in [6.07, 6.45) is 4.41. The lowest BCUT2D eigenvalue weighted by Crippen LogP contribution is -2.38. The lowest BCUT2D eigenvalue weighted by atomic mass is 9.89. The Morgan fingerprint density at radius 2 is 1.63 bits per heavy atom. The zero-order valence-corrected chi connectivity index (χ0v) is 13.7. The minimum Gasteiger partial charge on any atom is -0.313 e. The van der Waals surface area contributed by atoms with Crippen LogP contribution in [0.1, 0.15) is 45.6 Å². The van der Waals surface area contributed by atoms with Gasteiger partial charge in [0.2, 0.25) is 0 Å². The predicted octanol–water partition coefficient (Wildman–Crippen LogP) is 5.34. The molecule has 108 valence electrons. The molecule has 0 heterocycles. The highest BCUT2D eigenvalue weighted by Crippen LogP contribution is 2.28. The van der Waals surface area contributed by atoms with Gasteiger partial charge in [-0.25, -0.2) is 0 Å². The maximum Gasteiger partial charge on any atom is 0.0453 e. The highest BCUT2D eigenvalue weighted by Gasteiger charge is 2.20. The molecule has 19 heavy (non-hydrogen) atoms. The van der Waals surface area contributed by atoms with Gasteiger partial charge in [-0.05, 0) is 43.0 Å². The van der Waals surface area contributed by atoms with Crippen molar-refractivity contribution in [3.63, 3.8) is 0 Å². The molecule has 0 aliphatic heterocycles. The number of halogens is 2. The number of benzene rings is 1. The summed E-state index contributed by atoms with van der Waals surface area (Å²) in [5, 5.41) is 5.22. The second-order valence-corrected chi connectivity index (χ2v) is 5.86. The van der Waals surface area contributed by atoms with Gasteiger partial charge in [0, 0.05) is 16.1 Å². The molecule has 0 aromatic heterocycles. The van der Waals surface area contributed by atoms with Gasteiger partial charge in [-0.2, -0.15) is 0 Å². The van der Waals surface area contributed by atoms with E-state index < -0.39 is 0 Å². The maximum atomic E-state index is 6.29. The van der Waals surface area contributed by atoms with Crippen molar-refractivity contribution >= 4 is 23.2 Å². The van der Waals surface area contributed by atoms with Crippen LogP contribution >= 0.6 is 23.2 Å². The average molecular weight is 302 g/mol. The fraction of sp³-hybridized carbons (Fsp3) is 0.625. The Kier molecular flexibility index (Phi) is 7.82. The average Bonchev–Trinajstić information content (AvgIpc) is 2.40. The van der Waals surface area contributed by atoms with Gasteiger partial charge in [-0.3, -0.25) is 0 Å². The summed E-state index contributed by atoms with van der Waals surface area (Å²) in [6, 6.07) is 6.20. The van der Waals surface area contributed by atoms with Crippen molar-refractivity contribution in [2.75, 3.05) is 6.54 Å². The Balaban J connectivity index is 2.86. The molecule has 3 heteroatoms. The lowest BCUT2D eigenvalue weighted by Gasteiger charge is -2.27. The Labute approximate surface area is 127 Å². The summed E-state index contributed by atoms with van der Waals surface area (Å²) >= 11 is 12.6. The molecule has 1 aromatic carbocycles. The molecule has 0 amide bonds. The minimum absolute atomic E-state index is 0.451. The van der Waals surface area contributed by atoms with Crippen molar-refractivity contribution in [3.05, 3.63) is 33.8 Å². The van der Waals surface area contributed by atoms with Gasteiger partial charge < -0.3 is 5.32 Å². The van der Waals surface area contributed by atoms with Crippen LogP contribution in [0.15, 0.2) is 18.2 Å². The van der Waals surface area contributed by atoms with E-state index in [1.165, 1.54) is 12.8 Å². The molecule has 0 fully saturated rings. The van der Waals surface area contributed by atoms with Crippen molar-refractivity contribution in [1.82, 2.24) is 5.32 Å². The van der Waals surface area contributed by atoms with E-state index in [1.54, 1.807) is 0 Å². The second-order valence-electron chi connectivity index (χ2n) is 5.04. The number of nitrogens with one attached hydrogen (secondary N) is 1. The van der Waals surface area contributed by atoms with Crippen LogP contribution in [-0.4, -0.2) is 12.6 Å². The topological polar surface area (TPSA) is 12.0 Å². The molecule has 0 spiro atoms. The second kappa shape index (κ2) is 8.84. The Morgan fingerprint density at radius 3 is 2.11 bits per heavy atom. The molecular formula is C16H25Cl2N. The number of hydrogen-bond donors (Lipinski definition) is 1. The van der Waals surface area contributed by atoms with Crippen LogP contribution < -0.4 is 5.32 Å². The minimum atomic E-state index is 0.451. The SMILES string of the molecule is CCCNC(Cc1c(Cl)cccc1Cl)C(CC)CC. The van der Waals surface area contributed by atoms with E-state index in [1.807, 2.05) is 18.2 Å². The van der Waals surface area contributed by atoms with E-state index in [4.69, 9.17) is 23.2 Å². The quantitative estimate of drug-likeness (QED) is 0.683. The van der Waals surface area contributed by atoms with Gasteiger partial charge in [0.05, 0.1) is 0 Å². The third kappa shape index (κ3) is 4.98. The van der Waals surface area contributed by atoms with E-state index in [2.05, 4.69) is 26.1 Å². The first-order chi connectivity index (χ1) is 9.13. The summed E-state index contributed by atoms with van der Waals surface area (Å²) in [6.45, 7) is 7.74. The fourth-order valence-electron chi connectivity index (χ4n) is 2.54. The lowest BCUT2D eigenvalue weighted by molar-refractivity contribution is 0.332. The molecule has 0 radical (unpaired) electrons. The molecule has 1 N–H and O–H groups in total. The first-order valence-corrected chi connectivity index (χ1v) is 8.05. The Hall–Kier alpha value is -0.240. The third-order valence-corrected chi connectivity index (χ3v) is 4.47. The van der Waals surface area contributed by atoms with Crippen LogP contribution in [0.3, 0.4) is 0 Å². The molecule has 1 aromatic rings. The van der Waals surface area contributed by atoms with Crippen LogP contribution in [0.5, 0.6) is 0 Å². The number of hydrogen-bond acceptors (Lipinski definition) is 1. The smallest absolute Gasteiger partial charge is 0.0453 e. The van der Waals surface area contributed by atoms with Gasteiger partial charge in [0.1, 0.15) is 0 Å². The molecule has 0 aliphatic carbocycles. The largest absolute Gasteiger partial charge is 0.313 e. The van der Waals surface area contributed by atoms with Gasteiger partial charge in [0.25, 0.3) is 0 Å². The monoisotopic (exact) mass is 301 g/mol.